The number of hydrogen-bond donors (Lipinski definition) is 1. The normalized spacial score (nSPS) is 15.5. The number of anilines is 1. The molecule has 0 bridgehead atoms. The van der Waals surface area contributed by atoms with Crippen molar-refractivity contribution in [1.82, 2.24) is 9.80 Å². The SMILES string of the molecule is COc1ccc(CN2C(=S)N(Cc3ccccc3)C(=O)[C@H]2CC(=O)Nc2ccc(Cl)cc2)cc1. The molecule has 1 fully saturated rings. The molecule has 6 nitrogen and oxygen atoms in total. The van der Waals surface area contributed by atoms with Gasteiger partial charge in [-0.3, -0.25) is 14.5 Å². The van der Waals surface area contributed by atoms with Crippen molar-refractivity contribution in [3.05, 3.63) is 95.0 Å². The van der Waals surface area contributed by atoms with Crippen LogP contribution in [0.3, 0.4) is 0 Å². The first kappa shape index (κ1) is 23.7. The molecular formula is C26H24ClN3O3S. The molecule has 1 atom stereocenters. The van der Waals surface area contributed by atoms with E-state index in [0.717, 1.165) is 16.9 Å². The number of halogens is 1. The van der Waals surface area contributed by atoms with Crippen molar-refractivity contribution < 1.29 is 14.3 Å². The van der Waals surface area contributed by atoms with E-state index in [4.69, 9.17) is 28.6 Å². The van der Waals surface area contributed by atoms with Crippen molar-refractivity contribution in [1.29, 1.82) is 0 Å². The van der Waals surface area contributed by atoms with Gasteiger partial charge in [-0.2, -0.15) is 0 Å². The van der Waals surface area contributed by atoms with Crippen LogP contribution in [0.15, 0.2) is 78.9 Å². The Labute approximate surface area is 209 Å². The third-order valence-corrected chi connectivity index (χ3v) is 6.31. The zero-order valence-corrected chi connectivity index (χ0v) is 20.2. The van der Waals surface area contributed by atoms with Gasteiger partial charge in [0.2, 0.25) is 5.91 Å². The Hall–Kier alpha value is -3.42. The van der Waals surface area contributed by atoms with Crippen LogP contribution in [0.1, 0.15) is 17.5 Å². The second-order valence-corrected chi connectivity index (χ2v) is 8.75. The first-order valence-electron chi connectivity index (χ1n) is 10.8. The molecule has 174 valence electrons. The molecule has 1 aliphatic heterocycles. The highest BCUT2D eigenvalue weighted by atomic mass is 35.5. The van der Waals surface area contributed by atoms with Gasteiger partial charge in [0.1, 0.15) is 11.8 Å². The van der Waals surface area contributed by atoms with Crippen LogP contribution in [0.25, 0.3) is 0 Å². The molecule has 0 aromatic heterocycles. The van der Waals surface area contributed by atoms with Gasteiger partial charge in [0, 0.05) is 17.3 Å². The first-order valence-corrected chi connectivity index (χ1v) is 11.6. The summed E-state index contributed by atoms with van der Waals surface area (Å²) in [5.74, 6) is 0.284. The molecule has 1 N–H and O–H groups in total. The number of carbonyl (C=O) groups is 2. The molecule has 3 aromatic carbocycles. The molecule has 3 aromatic rings. The third kappa shape index (κ3) is 5.55. The number of rotatable bonds is 8. The Kier molecular flexibility index (Phi) is 7.45. The largest absolute Gasteiger partial charge is 0.497 e. The lowest BCUT2D eigenvalue weighted by Gasteiger charge is -2.24. The lowest BCUT2D eigenvalue weighted by molar-refractivity contribution is -0.131. The van der Waals surface area contributed by atoms with Crippen LogP contribution in [-0.2, 0) is 22.7 Å². The molecule has 2 amide bonds. The third-order valence-electron chi connectivity index (χ3n) is 5.61. The lowest BCUT2D eigenvalue weighted by Crippen LogP contribution is -2.37. The molecule has 1 heterocycles. The molecule has 1 aliphatic rings. The van der Waals surface area contributed by atoms with E-state index >= 15 is 0 Å². The summed E-state index contributed by atoms with van der Waals surface area (Å²) in [6.07, 6.45) is -0.0248. The van der Waals surface area contributed by atoms with Gasteiger partial charge in [-0.1, -0.05) is 54.1 Å². The fraction of sp³-hybridized carbons (Fsp3) is 0.192. The van der Waals surface area contributed by atoms with Gasteiger partial charge in [-0.25, -0.2) is 0 Å². The predicted octanol–water partition coefficient (Wildman–Crippen LogP) is 4.88. The van der Waals surface area contributed by atoms with Crippen molar-refractivity contribution in [2.24, 2.45) is 0 Å². The number of hydrogen-bond acceptors (Lipinski definition) is 4. The Morgan fingerprint density at radius 3 is 2.26 bits per heavy atom. The van der Waals surface area contributed by atoms with E-state index in [-0.39, 0.29) is 18.2 Å². The van der Waals surface area contributed by atoms with Gasteiger partial charge in [0.05, 0.1) is 20.1 Å². The molecule has 0 spiro atoms. The first-order chi connectivity index (χ1) is 16.4. The smallest absolute Gasteiger partial charge is 0.252 e. The second-order valence-electron chi connectivity index (χ2n) is 7.94. The minimum atomic E-state index is -0.703. The average molecular weight is 494 g/mol. The zero-order chi connectivity index (χ0) is 24.1. The van der Waals surface area contributed by atoms with Gasteiger partial charge in [0.15, 0.2) is 5.11 Å². The van der Waals surface area contributed by atoms with Crippen LogP contribution in [-0.4, -0.2) is 39.9 Å². The summed E-state index contributed by atoms with van der Waals surface area (Å²) in [6.45, 7) is 0.756. The van der Waals surface area contributed by atoms with Crippen LogP contribution < -0.4 is 10.1 Å². The van der Waals surface area contributed by atoms with Gasteiger partial charge < -0.3 is 15.0 Å². The highest BCUT2D eigenvalue weighted by Crippen LogP contribution is 2.26. The van der Waals surface area contributed by atoms with E-state index in [0.29, 0.717) is 28.9 Å². The number of ether oxygens (including phenoxy) is 1. The topological polar surface area (TPSA) is 61.9 Å². The molecule has 1 saturated heterocycles. The standard InChI is InChI=1S/C26H24ClN3O3S/c1-33-22-13-7-19(8-14-22)16-29-23(15-24(31)28-21-11-9-20(27)10-12-21)25(32)30(26(29)34)17-18-5-3-2-4-6-18/h2-14,23H,15-17H2,1H3,(H,28,31)/t23-/m1/s1. The van der Waals surface area contributed by atoms with Crippen LogP contribution in [0, 0.1) is 0 Å². The van der Waals surface area contributed by atoms with E-state index < -0.39 is 6.04 Å². The second kappa shape index (κ2) is 10.7. The number of benzene rings is 3. The Balaban J connectivity index is 1.55. The average Bonchev–Trinajstić information content (AvgIpc) is 3.06. The lowest BCUT2D eigenvalue weighted by atomic mass is 10.1. The van der Waals surface area contributed by atoms with E-state index in [9.17, 15) is 9.59 Å². The minimum Gasteiger partial charge on any atom is -0.497 e. The van der Waals surface area contributed by atoms with E-state index in [1.54, 1.807) is 36.3 Å². The molecular weight excluding hydrogens is 470 g/mol. The number of nitrogens with one attached hydrogen (secondary N) is 1. The Bertz CT molecular complexity index is 1170. The number of thiocarbonyl (C=S) groups is 1. The maximum absolute atomic E-state index is 13.4. The fourth-order valence-electron chi connectivity index (χ4n) is 3.83. The summed E-state index contributed by atoms with van der Waals surface area (Å²) in [7, 11) is 1.61. The van der Waals surface area contributed by atoms with E-state index in [2.05, 4.69) is 5.32 Å². The van der Waals surface area contributed by atoms with Gasteiger partial charge in [-0.15, -0.1) is 0 Å². The number of amides is 2. The molecule has 34 heavy (non-hydrogen) atoms. The highest BCUT2D eigenvalue weighted by molar-refractivity contribution is 7.80. The summed E-state index contributed by atoms with van der Waals surface area (Å²) in [6, 6.07) is 23.4. The zero-order valence-electron chi connectivity index (χ0n) is 18.6. The number of carbonyl (C=O) groups excluding carboxylic acids is 2. The molecule has 0 unspecified atom stereocenters. The van der Waals surface area contributed by atoms with Gasteiger partial charge in [-0.05, 0) is 59.7 Å². The molecule has 0 aliphatic carbocycles. The van der Waals surface area contributed by atoms with Gasteiger partial charge in [0.25, 0.3) is 5.91 Å². The van der Waals surface area contributed by atoms with Crippen LogP contribution in [0.5, 0.6) is 5.75 Å². The number of methoxy groups -OCH3 is 1. The van der Waals surface area contributed by atoms with Crippen molar-refractivity contribution in [2.45, 2.75) is 25.6 Å². The molecule has 0 radical (unpaired) electrons. The molecule has 0 saturated carbocycles. The predicted molar refractivity (Wildman–Crippen MR) is 137 cm³/mol. The molecule has 8 heteroatoms. The summed E-state index contributed by atoms with van der Waals surface area (Å²) in [5.41, 5.74) is 2.54. The van der Waals surface area contributed by atoms with Gasteiger partial charge >= 0.3 is 0 Å². The van der Waals surface area contributed by atoms with Crippen molar-refractivity contribution >= 4 is 46.4 Å². The molecule has 4 rings (SSSR count). The maximum atomic E-state index is 13.4. The van der Waals surface area contributed by atoms with Crippen LogP contribution in [0.2, 0.25) is 5.02 Å². The Morgan fingerprint density at radius 2 is 1.62 bits per heavy atom. The summed E-state index contributed by atoms with van der Waals surface area (Å²) in [5, 5.41) is 3.83. The fourth-order valence-corrected chi connectivity index (χ4v) is 4.30. The van der Waals surface area contributed by atoms with E-state index in [1.165, 1.54) is 0 Å². The Morgan fingerprint density at radius 1 is 0.971 bits per heavy atom. The summed E-state index contributed by atoms with van der Waals surface area (Å²) in [4.78, 5) is 29.7. The van der Waals surface area contributed by atoms with Crippen LogP contribution >= 0.6 is 23.8 Å². The minimum absolute atomic E-state index is 0.0248. The van der Waals surface area contributed by atoms with Crippen molar-refractivity contribution in [3.63, 3.8) is 0 Å². The van der Waals surface area contributed by atoms with Crippen molar-refractivity contribution in [3.8, 4) is 5.75 Å². The highest BCUT2D eigenvalue weighted by Gasteiger charge is 2.43. The quantitative estimate of drug-likeness (QED) is 0.453. The van der Waals surface area contributed by atoms with E-state index in [1.807, 2.05) is 59.5 Å². The monoisotopic (exact) mass is 493 g/mol. The summed E-state index contributed by atoms with van der Waals surface area (Å²) >= 11 is 11.6. The van der Waals surface area contributed by atoms with Crippen molar-refractivity contribution in [2.75, 3.05) is 12.4 Å². The number of nitrogens with zero attached hydrogens (tertiary/aromatic N) is 2. The van der Waals surface area contributed by atoms with Crippen LogP contribution in [0.4, 0.5) is 5.69 Å². The summed E-state index contributed by atoms with van der Waals surface area (Å²) < 4.78 is 5.24. The maximum Gasteiger partial charge on any atom is 0.252 e.